The van der Waals surface area contributed by atoms with Gasteiger partial charge in [-0.15, -0.1) is 11.3 Å². The Hall–Kier alpha value is -0.900. The lowest BCUT2D eigenvalue weighted by molar-refractivity contribution is -0.111. The van der Waals surface area contributed by atoms with Gasteiger partial charge in [-0.05, 0) is 13.8 Å². The lowest BCUT2D eigenvalue weighted by Gasteiger charge is -2.13. The van der Waals surface area contributed by atoms with Crippen molar-refractivity contribution in [3.05, 3.63) is 11.1 Å². The van der Waals surface area contributed by atoms with Crippen molar-refractivity contribution in [2.75, 3.05) is 19.0 Å². The van der Waals surface area contributed by atoms with E-state index in [0.717, 1.165) is 16.3 Å². The van der Waals surface area contributed by atoms with Crippen molar-refractivity contribution in [3.8, 4) is 0 Å². The molecule has 0 saturated carbocycles. The minimum Gasteiger partial charge on any atom is -0.354 e. The third-order valence-electron chi connectivity index (χ3n) is 1.81. The van der Waals surface area contributed by atoms with E-state index in [1.165, 1.54) is 0 Å². The zero-order valence-electron chi connectivity index (χ0n) is 8.37. The molecule has 4 heteroatoms. The first-order chi connectivity index (χ1) is 5.97. The van der Waals surface area contributed by atoms with Gasteiger partial charge in [-0.3, -0.25) is 0 Å². The molecule has 1 heterocycles. The molecule has 13 heavy (non-hydrogen) atoms. The molecule has 0 spiro atoms. The fraction of sp³-hybridized carbons (Fsp3) is 0.556. The van der Waals surface area contributed by atoms with Gasteiger partial charge in [0.25, 0.3) is 0 Å². The van der Waals surface area contributed by atoms with E-state index in [9.17, 15) is 4.79 Å². The Bertz CT molecular complexity index is 304. The second kappa shape index (κ2) is 3.46. The van der Waals surface area contributed by atoms with Gasteiger partial charge in [0.2, 0.25) is 0 Å². The number of aldehydes is 1. The number of aromatic nitrogens is 1. The van der Waals surface area contributed by atoms with E-state index < -0.39 is 5.41 Å². The summed E-state index contributed by atoms with van der Waals surface area (Å²) in [4.78, 5) is 17.9. The quantitative estimate of drug-likeness (QED) is 0.693. The van der Waals surface area contributed by atoms with Crippen LogP contribution in [0.4, 0.5) is 5.13 Å². The summed E-state index contributed by atoms with van der Waals surface area (Å²) in [6.45, 7) is 3.79. The van der Waals surface area contributed by atoms with Gasteiger partial charge in [0.15, 0.2) is 5.13 Å². The van der Waals surface area contributed by atoms with Crippen molar-refractivity contribution in [1.82, 2.24) is 4.98 Å². The van der Waals surface area contributed by atoms with Crippen molar-refractivity contribution in [3.63, 3.8) is 0 Å². The second-order valence-corrected chi connectivity index (χ2v) is 4.75. The van der Waals surface area contributed by atoms with Crippen molar-refractivity contribution < 1.29 is 4.79 Å². The van der Waals surface area contributed by atoms with Gasteiger partial charge in [0, 0.05) is 25.2 Å². The molecule has 3 nitrogen and oxygen atoms in total. The lowest BCUT2D eigenvalue weighted by atomic mass is 9.95. The average molecular weight is 198 g/mol. The van der Waals surface area contributed by atoms with Crippen molar-refractivity contribution >= 4 is 22.8 Å². The molecule has 0 aromatic carbocycles. The maximum atomic E-state index is 10.8. The molecular weight excluding hydrogens is 184 g/mol. The fourth-order valence-electron chi connectivity index (χ4n) is 0.828. The summed E-state index contributed by atoms with van der Waals surface area (Å²) in [5.41, 5.74) is -0.411. The highest BCUT2D eigenvalue weighted by Gasteiger charge is 2.22. The van der Waals surface area contributed by atoms with Gasteiger partial charge in [-0.25, -0.2) is 4.98 Å². The first kappa shape index (κ1) is 10.2. The van der Waals surface area contributed by atoms with E-state index in [1.54, 1.807) is 17.5 Å². The predicted octanol–water partition coefficient (Wildman–Crippen LogP) is 1.69. The molecule has 0 unspecified atom stereocenters. The third-order valence-corrected chi connectivity index (χ3v) is 3.31. The highest BCUT2D eigenvalue weighted by Crippen LogP contribution is 2.29. The lowest BCUT2D eigenvalue weighted by Crippen LogP contribution is -2.16. The van der Waals surface area contributed by atoms with Crippen LogP contribution >= 0.6 is 11.3 Å². The molecule has 0 fully saturated rings. The van der Waals surface area contributed by atoms with Crippen LogP contribution in [0.15, 0.2) is 6.20 Å². The van der Waals surface area contributed by atoms with E-state index in [1.807, 2.05) is 32.8 Å². The first-order valence-electron chi connectivity index (χ1n) is 4.07. The van der Waals surface area contributed by atoms with Gasteiger partial charge in [-0.2, -0.15) is 0 Å². The zero-order chi connectivity index (χ0) is 10.1. The summed E-state index contributed by atoms with van der Waals surface area (Å²) in [6.07, 6.45) is 2.73. The highest BCUT2D eigenvalue weighted by molar-refractivity contribution is 7.15. The summed E-state index contributed by atoms with van der Waals surface area (Å²) in [5, 5.41) is 0.935. The van der Waals surface area contributed by atoms with Crippen molar-refractivity contribution in [1.29, 1.82) is 0 Å². The molecule has 0 amide bonds. The SMILES string of the molecule is CN(C)c1ncc(C(C)(C)C=O)s1. The molecule has 0 radical (unpaired) electrons. The van der Waals surface area contributed by atoms with Crippen LogP contribution in [0.5, 0.6) is 0 Å². The standard InChI is InChI=1S/C9H14N2OS/c1-9(2,6-12)7-5-10-8(13-7)11(3)4/h5-6H,1-4H3. The van der Waals surface area contributed by atoms with E-state index in [-0.39, 0.29) is 0 Å². The van der Waals surface area contributed by atoms with Crippen LogP contribution in [-0.2, 0) is 10.2 Å². The summed E-state index contributed by atoms with van der Waals surface area (Å²) in [7, 11) is 3.88. The summed E-state index contributed by atoms with van der Waals surface area (Å²) < 4.78 is 0. The first-order valence-corrected chi connectivity index (χ1v) is 4.89. The van der Waals surface area contributed by atoms with E-state index in [2.05, 4.69) is 4.98 Å². The molecule has 1 rings (SSSR count). The summed E-state index contributed by atoms with van der Waals surface area (Å²) in [5.74, 6) is 0. The van der Waals surface area contributed by atoms with Crippen molar-refractivity contribution in [2.45, 2.75) is 19.3 Å². The Balaban J connectivity index is 2.98. The molecule has 0 aliphatic carbocycles. The summed E-state index contributed by atoms with van der Waals surface area (Å²) >= 11 is 1.56. The Morgan fingerprint density at radius 3 is 2.54 bits per heavy atom. The highest BCUT2D eigenvalue weighted by atomic mass is 32.1. The van der Waals surface area contributed by atoms with Crippen LogP contribution in [0.1, 0.15) is 18.7 Å². The summed E-state index contributed by atoms with van der Waals surface area (Å²) in [6, 6.07) is 0. The normalized spacial score (nSPS) is 11.4. The van der Waals surface area contributed by atoms with Crippen LogP contribution in [0.25, 0.3) is 0 Å². The Morgan fingerprint density at radius 1 is 1.54 bits per heavy atom. The maximum Gasteiger partial charge on any atom is 0.185 e. The van der Waals surface area contributed by atoms with Crippen LogP contribution < -0.4 is 4.90 Å². The third kappa shape index (κ3) is 2.06. The molecular formula is C9H14N2OS. The van der Waals surface area contributed by atoms with Crippen LogP contribution in [0, 0.1) is 0 Å². The largest absolute Gasteiger partial charge is 0.354 e. The number of thiazole rings is 1. The number of hydrogen-bond donors (Lipinski definition) is 0. The van der Waals surface area contributed by atoms with Gasteiger partial charge < -0.3 is 9.69 Å². The molecule has 0 N–H and O–H groups in total. The molecule has 0 atom stereocenters. The molecule has 1 aromatic rings. The number of anilines is 1. The van der Waals surface area contributed by atoms with Gasteiger partial charge >= 0.3 is 0 Å². The minimum atomic E-state index is -0.411. The van der Waals surface area contributed by atoms with E-state index in [0.29, 0.717) is 0 Å². The average Bonchev–Trinajstić information content (AvgIpc) is 2.52. The maximum absolute atomic E-state index is 10.8. The Labute approximate surface area is 82.4 Å². The Morgan fingerprint density at radius 2 is 2.15 bits per heavy atom. The van der Waals surface area contributed by atoms with E-state index >= 15 is 0 Å². The minimum absolute atomic E-state index is 0.411. The van der Waals surface area contributed by atoms with Crippen molar-refractivity contribution in [2.24, 2.45) is 0 Å². The van der Waals surface area contributed by atoms with Gasteiger partial charge in [-0.1, -0.05) is 0 Å². The second-order valence-electron chi connectivity index (χ2n) is 3.74. The number of rotatable bonds is 3. The fourth-order valence-corrected chi connectivity index (χ4v) is 1.73. The van der Waals surface area contributed by atoms with Gasteiger partial charge in [0.1, 0.15) is 6.29 Å². The van der Waals surface area contributed by atoms with E-state index in [4.69, 9.17) is 0 Å². The molecule has 0 aliphatic rings. The topological polar surface area (TPSA) is 33.2 Å². The number of nitrogens with zero attached hydrogens (tertiary/aromatic N) is 2. The molecule has 72 valence electrons. The van der Waals surface area contributed by atoms with Crippen LogP contribution in [0.3, 0.4) is 0 Å². The molecule has 1 aromatic heterocycles. The number of hydrogen-bond acceptors (Lipinski definition) is 4. The monoisotopic (exact) mass is 198 g/mol. The number of carbonyl (C=O) groups excluding carboxylic acids is 1. The Kier molecular flexibility index (Phi) is 2.71. The zero-order valence-corrected chi connectivity index (χ0v) is 9.18. The molecule has 0 bridgehead atoms. The predicted molar refractivity (Wildman–Crippen MR) is 55.5 cm³/mol. The molecule has 0 saturated heterocycles. The van der Waals surface area contributed by atoms with Gasteiger partial charge in [0.05, 0.1) is 5.41 Å². The molecule has 0 aliphatic heterocycles. The van der Waals surface area contributed by atoms with Crippen LogP contribution in [0.2, 0.25) is 0 Å². The van der Waals surface area contributed by atoms with Crippen LogP contribution in [-0.4, -0.2) is 25.4 Å². The smallest absolute Gasteiger partial charge is 0.185 e. The number of carbonyl (C=O) groups is 1.